The van der Waals surface area contributed by atoms with Crippen LogP contribution < -0.4 is 15.4 Å². The van der Waals surface area contributed by atoms with Crippen LogP contribution in [0.1, 0.15) is 49.5 Å². The zero-order chi connectivity index (χ0) is 27.9. The number of hydrogen-bond donors (Lipinski definition) is 2. The second-order valence-corrected chi connectivity index (χ2v) is 12.6. The minimum atomic E-state index is -1.17. The third-order valence-corrected chi connectivity index (χ3v) is 9.97. The molecule has 3 fully saturated rings. The maximum atomic E-state index is 14.2. The van der Waals surface area contributed by atoms with Gasteiger partial charge in [-0.2, -0.15) is 0 Å². The normalized spacial score (nSPS) is 30.9. The molecule has 9 heteroatoms. The van der Waals surface area contributed by atoms with E-state index in [0.717, 1.165) is 41.9 Å². The van der Waals surface area contributed by atoms with E-state index in [2.05, 4.69) is 10.6 Å². The molecule has 1 saturated carbocycles. The maximum Gasteiger partial charge on any atom is 0.246 e. The fourth-order valence-corrected chi connectivity index (χ4v) is 7.78. The number of hydrogen-bond acceptors (Lipinski definition) is 6. The molecule has 2 aromatic rings. The largest absolute Gasteiger partial charge is 0.497 e. The summed E-state index contributed by atoms with van der Waals surface area (Å²) in [5.74, 6) is -1.32. The predicted octanol–water partition coefficient (Wildman–Crippen LogP) is 3.61. The van der Waals surface area contributed by atoms with E-state index < -0.39 is 29.1 Å². The summed E-state index contributed by atoms with van der Waals surface area (Å²) in [5.41, 5.74) is -1.09. The number of carbonyl (C=O) groups excluding carboxylic acids is 3. The van der Waals surface area contributed by atoms with Crippen LogP contribution in [0.3, 0.4) is 0 Å². The molecule has 4 aliphatic rings. The number of ether oxygens (including phenoxy) is 2. The van der Waals surface area contributed by atoms with Gasteiger partial charge in [0.25, 0.3) is 0 Å². The molecule has 6 rings (SSSR count). The van der Waals surface area contributed by atoms with Crippen LogP contribution in [0.5, 0.6) is 5.75 Å². The van der Waals surface area contributed by atoms with Crippen molar-refractivity contribution < 1.29 is 23.9 Å². The number of nitrogens with one attached hydrogen (secondary N) is 2. The zero-order valence-corrected chi connectivity index (χ0v) is 23.9. The Kier molecular flexibility index (Phi) is 7.21. The monoisotopic (exact) mass is 563 g/mol. The van der Waals surface area contributed by atoms with Gasteiger partial charge in [-0.15, -0.1) is 11.3 Å². The van der Waals surface area contributed by atoms with Crippen LogP contribution in [0.25, 0.3) is 0 Å². The van der Waals surface area contributed by atoms with Crippen molar-refractivity contribution in [1.82, 2.24) is 15.5 Å². The molecule has 212 valence electrons. The van der Waals surface area contributed by atoms with Crippen molar-refractivity contribution in [1.29, 1.82) is 0 Å². The molecule has 1 spiro atoms. The Morgan fingerprint density at radius 1 is 1.10 bits per heavy atom. The number of carbonyl (C=O) groups is 3. The van der Waals surface area contributed by atoms with Crippen LogP contribution in [0.2, 0.25) is 0 Å². The molecule has 4 heterocycles. The zero-order valence-electron chi connectivity index (χ0n) is 23.1. The lowest BCUT2D eigenvalue weighted by Gasteiger charge is -2.34. The highest BCUT2D eigenvalue weighted by atomic mass is 32.1. The number of methoxy groups -OCH3 is 1. The topological polar surface area (TPSA) is 97.0 Å². The number of thiophene rings is 1. The Morgan fingerprint density at radius 2 is 1.88 bits per heavy atom. The summed E-state index contributed by atoms with van der Waals surface area (Å²) in [6.07, 6.45) is 9.59. The van der Waals surface area contributed by atoms with E-state index >= 15 is 0 Å². The van der Waals surface area contributed by atoms with Gasteiger partial charge in [-0.25, -0.2) is 0 Å². The van der Waals surface area contributed by atoms with Crippen LogP contribution in [0.4, 0.5) is 0 Å². The van der Waals surface area contributed by atoms with Gasteiger partial charge >= 0.3 is 0 Å². The van der Waals surface area contributed by atoms with E-state index in [1.54, 1.807) is 23.3 Å². The summed E-state index contributed by atoms with van der Waals surface area (Å²) in [7, 11) is 1.63. The third-order valence-electron chi connectivity index (χ3n) is 9.10. The second kappa shape index (κ2) is 10.7. The summed E-state index contributed by atoms with van der Waals surface area (Å²) in [5, 5.41) is 8.26. The number of likely N-dealkylation sites (tertiary alicyclic amines) is 1. The van der Waals surface area contributed by atoms with Gasteiger partial charge in [-0.3, -0.25) is 14.4 Å². The summed E-state index contributed by atoms with van der Waals surface area (Å²) in [6.45, 7) is 2.61. The lowest BCUT2D eigenvalue weighted by molar-refractivity contribution is -0.145. The molecule has 1 aromatic carbocycles. The Hall–Kier alpha value is -3.17. The Bertz CT molecular complexity index is 1290. The number of fused-ring (bicyclic) bond motifs is 1. The van der Waals surface area contributed by atoms with E-state index in [4.69, 9.17) is 9.47 Å². The molecule has 1 aliphatic carbocycles. The predicted molar refractivity (Wildman–Crippen MR) is 152 cm³/mol. The standard InChI is InChI=1S/C31H37N3O5S/c1-30-15-16-31(39-30)25(24(30)27(35)32-19-23-9-6-18-40-23)29(37)34(17-14-20-10-12-22(38-2)13-11-20)26(31)28(36)33-21-7-4-3-5-8-21/h6,9-13,15-16,18,21,24-26H,3-5,7-8,14,17,19H2,1-2H3,(H,32,35)(H,33,36)/t24-,25+,26-,30-,31-/m1/s1. The SMILES string of the molecule is COc1ccc(CCN2C(=O)[C@@H]3[C@H](C(=O)NCc4cccs4)[C@@]4(C)C=C[C@]3(O4)[C@H]2C(=O)NC2CCCCC2)cc1. The quantitative estimate of drug-likeness (QED) is 0.455. The van der Waals surface area contributed by atoms with E-state index in [-0.39, 0.29) is 23.8 Å². The van der Waals surface area contributed by atoms with Gasteiger partial charge in [0.1, 0.15) is 17.4 Å². The van der Waals surface area contributed by atoms with E-state index in [0.29, 0.717) is 19.5 Å². The molecule has 3 aliphatic heterocycles. The highest BCUT2D eigenvalue weighted by Gasteiger charge is 2.76. The maximum absolute atomic E-state index is 14.2. The van der Waals surface area contributed by atoms with Crippen molar-refractivity contribution in [3.05, 3.63) is 64.4 Å². The Balaban J connectivity index is 1.28. The lowest BCUT2D eigenvalue weighted by Crippen LogP contribution is -2.57. The smallest absolute Gasteiger partial charge is 0.246 e. The summed E-state index contributed by atoms with van der Waals surface area (Å²) in [4.78, 5) is 44.6. The van der Waals surface area contributed by atoms with Crippen molar-refractivity contribution in [3.8, 4) is 5.75 Å². The van der Waals surface area contributed by atoms with E-state index in [1.807, 2.05) is 60.9 Å². The molecule has 2 saturated heterocycles. The first kappa shape index (κ1) is 27.0. The van der Waals surface area contributed by atoms with Gasteiger partial charge in [0.15, 0.2) is 0 Å². The first-order chi connectivity index (χ1) is 19.3. The molecule has 40 heavy (non-hydrogen) atoms. The van der Waals surface area contributed by atoms with Gasteiger partial charge in [0.2, 0.25) is 17.7 Å². The molecule has 8 nitrogen and oxygen atoms in total. The van der Waals surface area contributed by atoms with Crippen molar-refractivity contribution in [2.24, 2.45) is 11.8 Å². The second-order valence-electron chi connectivity index (χ2n) is 11.6. The molecule has 2 bridgehead atoms. The molecule has 0 radical (unpaired) electrons. The first-order valence-corrected chi connectivity index (χ1v) is 15.2. The highest BCUT2D eigenvalue weighted by Crippen LogP contribution is 2.59. The Morgan fingerprint density at radius 3 is 2.58 bits per heavy atom. The lowest BCUT2D eigenvalue weighted by atomic mass is 9.70. The molecule has 3 amide bonds. The van der Waals surface area contributed by atoms with Crippen molar-refractivity contribution in [2.45, 2.75) is 75.3 Å². The van der Waals surface area contributed by atoms with Gasteiger partial charge in [-0.1, -0.05) is 49.6 Å². The van der Waals surface area contributed by atoms with E-state index in [9.17, 15) is 14.4 Å². The van der Waals surface area contributed by atoms with Crippen LogP contribution in [0.15, 0.2) is 53.9 Å². The average molecular weight is 564 g/mol. The average Bonchev–Trinajstić information content (AvgIpc) is 3.71. The van der Waals surface area contributed by atoms with Gasteiger partial charge in [0.05, 0.1) is 31.1 Å². The van der Waals surface area contributed by atoms with Crippen LogP contribution in [0, 0.1) is 11.8 Å². The van der Waals surface area contributed by atoms with Gasteiger partial charge in [-0.05, 0) is 55.3 Å². The Labute approximate surface area is 239 Å². The number of rotatable bonds is 9. The van der Waals surface area contributed by atoms with Crippen molar-refractivity contribution in [2.75, 3.05) is 13.7 Å². The number of nitrogens with zero attached hydrogens (tertiary/aromatic N) is 1. The third kappa shape index (κ3) is 4.63. The number of amides is 3. The summed E-state index contributed by atoms with van der Waals surface area (Å²) >= 11 is 1.57. The van der Waals surface area contributed by atoms with Crippen LogP contribution in [-0.4, -0.2) is 59.6 Å². The van der Waals surface area contributed by atoms with Crippen molar-refractivity contribution in [3.63, 3.8) is 0 Å². The highest BCUT2D eigenvalue weighted by molar-refractivity contribution is 7.09. The fourth-order valence-electron chi connectivity index (χ4n) is 7.14. The van der Waals surface area contributed by atoms with Gasteiger partial charge < -0.3 is 25.0 Å². The fraction of sp³-hybridized carbons (Fsp3) is 0.516. The van der Waals surface area contributed by atoms with E-state index in [1.165, 1.54) is 6.42 Å². The van der Waals surface area contributed by atoms with Gasteiger partial charge in [0, 0.05) is 17.5 Å². The molecule has 1 aromatic heterocycles. The molecular weight excluding hydrogens is 526 g/mol. The molecular formula is C31H37N3O5S. The van der Waals surface area contributed by atoms with Crippen LogP contribution >= 0.6 is 11.3 Å². The van der Waals surface area contributed by atoms with Crippen molar-refractivity contribution >= 4 is 29.1 Å². The molecule has 2 N–H and O–H groups in total. The minimum Gasteiger partial charge on any atom is -0.497 e. The summed E-state index contributed by atoms with van der Waals surface area (Å²) in [6, 6.07) is 10.9. The van der Waals surface area contributed by atoms with Crippen LogP contribution in [-0.2, 0) is 32.1 Å². The summed E-state index contributed by atoms with van der Waals surface area (Å²) < 4.78 is 11.9. The first-order valence-electron chi connectivity index (χ1n) is 14.3. The number of benzene rings is 1. The molecule has 5 atom stereocenters. The minimum absolute atomic E-state index is 0.0956. The molecule has 0 unspecified atom stereocenters.